The number of nitrogens with zero attached hydrogens (tertiary/aromatic N) is 1. The smallest absolute Gasteiger partial charge is 0.254 e. The fourth-order valence-corrected chi connectivity index (χ4v) is 3.10. The lowest BCUT2D eigenvalue weighted by atomic mass is 10.1. The summed E-state index contributed by atoms with van der Waals surface area (Å²) in [6.07, 6.45) is 3.38. The lowest BCUT2D eigenvalue weighted by Gasteiger charge is -2.26. The highest BCUT2D eigenvalue weighted by atomic mass is 79.9. The molecule has 1 fully saturated rings. The Bertz CT molecular complexity index is 470. The second-order valence-corrected chi connectivity index (χ2v) is 6.31. The molecule has 1 aromatic carbocycles. The molecule has 20 heavy (non-hydrogen) atoms. The number of hydrogen-bond acceptors (Lipinski definition) is 2. The minimum absolute atomic E-state index is 0.152. The van der Waals surface area contributed by atoms with E-state index in [1.807, 2.05) is 30.0 Å². The van der Waals surface area contributed by atoms with Crippen LogP contribution < -0.4 is 5.32 Å². The molecule has 3 nitrogen and oxygen atoms in total. The number of rotatable bonds is 5. The molecule has 110 valence electrons. The fourth-order valence-electron chi connectivity index (χ4n) is 2.73. The lowest BCUT2D eigenvalue weighted by molar-refractivity contribution is 0.0741. The van der Waals surface area contributed by atoms with E-state index in [9.17, 15) is 4.79 Å². The normalized spacial score (nSPS) is 18.2. The van der Waals surface area contributed by atoms with E-state index in [1.165, 1.54) is 12.8 Å². The number of nitrogens with one attached hydrogen (secondary N) is 1. The van der Waals surface area contributed by atoms with Gasteiger partial charge in [-0.3, -0.25) is 4.79 Å². The topological polar surface area (TPSA) is 32.3 Å². The average molecular weight is 339 g/mol. The van der Waals surface area contributed by atoms with Crippen LogP contribution in [0.5, 0.6) is 0 Å². The molecule has 4 heteroatoms. The van der Waals surface area contributed by atoms with Crippen LogP contribution in [0.3, 0.4) is 0 Å². The average Bonchev–Trinajstić information content (AvgIpc) is 2.94. The van der Waals surface area contributed by atoms with Crippen LogP contribution in [-0.2, 0) is 0 Å². The van der Waals surface area contributed by atoms with Crippen molar-refractivity contribution in [3.05, 3.63) is 33.8 Å². The zero-order valence-electron chi connectivity index (χ0n) is 12.3. The molecule has 1 aliphatic heterocycles. The zero-order valence-corrected chi connectivity index (χ0v) is 13.9. The molecule has 1 N–H and O–H groups in total. The highest BCUT2D eigenvalue weighted by Gasteiger charge is 2.23. The molecule has 0 radical (unpaired) electrons. The fraction of sp³-hybridized carbons (Fsp3) is 0.562. The minimum Gasteiger partial charge on any atom is -0.337 e. The molecule has 0 bridgehead atoms. The van der Waals surface area contributed by atoms with Gasteiger partial charge in [0.2, 0.25) is 0 Å². The van der Waals surface area contributed by atoms with Gasteiger partial charge in [-0.1, -0.05) is 28.9 Å². The first-order chi connectivity index (χ1) is 9.63. The van der Waals surface area contributed by atoms with Crippen LogP contribution in [0.2, 0.25) is 0 Å². The van der Waals surface area contributed by atoms with Gasteiger partial charge in [-0.2, -0.15) is 0 Å². The van der Waals surface area contributed by atoms with Crippen LogP contribution in [0.1, 0.15) is 42.1 Å². The number of carbonyl (C=O) groups is 1. The highest BCUT2D eigenvalue weighted by molar-refractivity contribution is 9.10. The Morgan fingerprint density at radius 1 is 1.50 bits per heavy atom. The van der Waals surface area contributed by atoms with Crippen LogP contribution in [0.25, 0.3) is 0 Å². The van der Waals surface area contributed by atoms with Crippen LogP contribution in [0.15, 0.2) is 22.7 Å². The monoisotopic (exact) mass is 338 g/mol. The van der Waals surface area contributed by atoms with Gasteiger partial charge in [-0.15, -0.1) is 0 Å². The van der Waals surface area contributed by atoms with Crippen LogP contribution in [-0.4, -0.2) is 36.5 Å². The van der Waals surface area contributed by atoms with E-state index < -0.39 is 0 Å². The van der Waals surface area contributed by atoms with Gasteiger partial charge in [-0.25, -0.2) is 0 Å². The molecule has 0 aromatic heterocycles. The third-order valence-electron chi connectivity index (χ3n) is 3.88. The summed E-state index contributed by atoms with van der Waals surface area (Å²) in [7, 11) is 0. The minimum atomic E-state index is 0.152. The summed E-state index contributed by atoms with van der Waals surface area (Å²) in [5.74, 6) is 0.152. The van der Waals surface area contributed by atoms with Crippen molar-refractivity contribution in [2.45, 2.75) is 39.2 Å². The van der Waals surface area contributed by atoms with E-state index in [2.05, 4.69) is 28.2 Å². The molecule has 1 amide bonds. The number of benzene rings is 1. The number of hydrogen-bond donors (Lipinski definition) is 1. The van der Waals surface area contributed by atoms with Crippen molar-refractivity contribution in [3.8, 4) is 0 Å². The van der Waals surface area contributed by atoms with E-state index in [-0.39, 0.29) is 5.91 Å². The van der Waals surface area contributed by atoms with E-state index in [0.717, 1.165) is 41.7 Å². The summed E-state index contributed by atoms with van der Waals surface area (Å²) in [4.78, 5) is 14.8. The highest BCUT2D eigenvalue weighted by Crippen LogP contribution is 2.21. The van der Waals surface area contributed by atoms with Crippen molar-refractivity contribution in [3.63, 3.8) is 0 Å². The molecule has 2 rings (SSSR count). The molecule has 1 atom stereocenters. The SMILES string of the molecule is CCCN(CC1CCCN1)C(=O)c1cccc(Br)c1C. The molecule has 0 spiro atoms. The maximum atomic E-state index is 12.8. The van der Waals surface area contributed by atoms with Gasteiger partial charge in [0.1, 0.15) is 0 Å². The van der Waals surface area contributed by atoms with Gasteiger partial charge >= 0.3 is 0 Å². The Kier molecular flexibility index (Phi) is 5.61. The Balaban J connectivity index is 2.14. The Morgan fingerprint density at radius 3 is 2.95 bits per heavy atom. The molecular formula is C16H23BrN2O. The lowest BCUT2D eigenvalue weighted by Crippen LogP contribution is -2.41. The molecule has 0 saturated carbocycles. The molecule has 1 aromatic rings. The van der Waals surface area contributed by atoms with Crippen molar-refractivity contribution in [2.24, 2.45) is 0 Å². The molecular weight excluding hydrogens is 316 g/mol. The number of halogens is 1. The van der Waals surface area contributed by atoms with E-state index in [1.54, 1.807) is 0 Å². The molecule has 1 heterocycles. The third kappa shape index (κ3) is 3.61. The quantitative estimate of drug-likeness (QED) is 0.892. The van der Waals surface area contributed by atoms with Crippen molar-refractivity contribution < 1.29 is 4.79 Å². The number of amides is 1. The van der Waals surface area contributed by atoms with Crippen molar-refractivity contribution in [1.29, 1.82) is 0 Å². The number of carbonyl (C=O) groups excluding carboxylic acids is 1. The van der Waals surface area contributed by atoms with Crippen LogP contribution >= 0.6 is 15.9 Å². The molecule has 1 aliphatic rings. The summed E-state index contributed by atoms with van der Waals surface area (Å²) >= 11 is 3.51. The van der Waals surface area contributed by atoms with Gasteiger partial charge in [0, 0.05) is 29.2 Å². The van der Waals surface area contributed by atoms with Crippen LogP contribution in [0, 0.1) is 6.92 Å². The zero-order chi connectivity index (χ0) is 14.5. The summed E-state index contributed by atoms with van der Waals surface area (Å²) in [6, 6.07) is 6.29. The summed E-state index contributed by atoms with van der Waals surface area (Å²) in [6.45, 7) is 6.84. The maximum absolute atomic E-state index is 12.8. The molecule has 1 unspecified atom stereocenters. The van der Waals surface area contributed by atoms with E-state index >= 15 is 0 Å². The van der Waals surface area contributed by atoms with E-state index in [0.29, 0.717) is 6.04 Å². The Hall–Kier alpha value is -0.870. The predicted octanol–water partition coefficient (Wildman–Crippen LogP) is 3.36. The molecule has 1 saturated heterocycles. The largest absolute Gasteiger partial charge is 0.337 e. The van der Waals surface area contributed by atoms with Gasteiger partial charge in [-0.05, 0) is 50.4 Å². The van der Waals surface area contributed by atoms with Gasteiger partial charge in [0.25, 0.3) is 5.91 Å². The van der Waals surface area contributed by atoms with Gasteiger partial charge in [0.15, 0.2) is 0 Å². The Morgan fingerprint density at radius 2 is 2.30 bits per heavy atom. The molecule has 0 aliphatic carbocycles. The predicted molar refractivity (Wildman–Crippen MR) is 86.1 cm³/mol. The van der Waals surface area contributed by atoms with E-state index in [4.69, 9.17) is 0 Å². The van der Waals surface area contributed by atoms with Gasteiger partial charge < -0.3 is 10.2 Å². The summed E-state index contributed by atoms with van der Waals surface area (Å²) < 4.78 is 0.999. The van der Waals surface area contributed by atoms with Crippen molar-refractivity contribution in [1.82, 2.24) is 10.2 Å². The Labute approximate surface area is 129 Å². The second kappa shape index (κ2) is 7.23. The summed E-state index contributed by atoms with van der Waals surface area (Å²) in [5, 5.41) is 3.47. The van der Waals surface area contributed by atoms with Crippen molar-refractivity contribution >= 4 is 21.8 Å². The first-order valence-corrected chi connectivity index (χ1v) is 8.20. The second-order valence-electron chi connectivity index (χ2n) is 5.46. The standard InChI is InChI=1S/C16H23BrN2O/c1-3-10-19(11-13-6-5-9-18-13)16(20)14-7-4-8-15(17)12(14)2/h4,7-8,13,18H,3,5-6,9-11H2,1-2H3. The first kappa shape index (κ1) is 15.5. The summed E-state index contributed by atoms with van der Waals surface area (Å²) in [5.41, 5.74) is 1.84. The van der Waals surface area contributed by atoms with Gasteiger partial charge in [0.05, 0.1) is 0 Å². The maximum Gasteiger partial charge on any atom is 0.254 e. The van der Waals surface area contributed by atoms with Crippen LogP contribution in [0.4, 0.5) is 0 Å². The third-order valence-corrected chi connectivity index (χ3v) is 4.74. The first-order valence-electron chi connectivity index (χ1n) is 7.41. The van der Waals surface area contributed by atoms with Crippen molar-refractivity contribution in [2.75, 3.05) is 19.6 Å².